The van der Waals surface area contributed by atoms with Crippen molar-refractivity contribution in [2.45, 2.75) is 18.9 Å². The molecule has 1 aromatic heterocycles. The minimum absolute atomic E-state index is 0.258. The van der Waals surface area contributed by atoms with Gasteiger partial charge in [0.15, 0.2) is 17.0 Å². The molecule has 2 aromatic carbocycles. The summed E-state index contributed by atoms with van der Waals surface area (Å²) in [6, 6.07) is 12.9. The standard InChI is InChI=1S/C22H19N3O4/c1-22-19-15(14-4-2-3-5-16(14)23-19)8-9-24(22)21(27)25(20(22)26)13-6-7-17-18(12-13)29-11-10-28-17/h2-7,12,23H,8-11H2,1H3/t22-/m1/s1. The molecule has 0 bridgehead atoms. The zero-order valence-electron chi connectivity index (χ0n) is 15.9. The number of ether oxygens (including phenoxy) is 2. The lowest BCUT2D eigenvalue weighted by atomic mass is 9.87. The highest BCUT2D eigenvalue weighted by molar-refractivity contribution is 6.23. The van der Waals surface area contributed by atoms with Crippen molar-refractivity contribution >= 4 is 28.5 Å². The lowest BCUT2D eigenvalue weighted by Crippen LogP contribution is -2.49. The molecule has 1 fully saturated rings. The number of benzene rings is 2. The third kappa shape index (κ3) is 2.02. The number of aromatic amines is 1. The summed E-state index contributed by atoms with van der Waals surface area (Å²) in [6.07, 6.45) is 0.711. The summed E-state index contributed by atoms with van der Waals surface area (Å²) in [5.74, 6) is 0.920. The predicted molar refractivity (Wildman–Crippen MR) is 106 cm³/mol. The average Bonchev–Trinajstić information content (AvgIpc) is 3.22. The number of para-hydroxylation sites is 1. The minimum atomic E-state index is -1.06. The maximum Gasteiger partial charge on any atom is 0.332 e. The number of hydrogen-bond donors (Lipinski definition) is 1. The largest absolute Gasteiger partial charge is 0.486 e. The fraction of sp³-hybridized carbons (Fsp3) is 0.273. The summed E-state index contributed by atoms with van der Waals surface area (Å²) in [5, 5.41) is 1.11. The van der Waals surface area contributed by atoms with Crippen LogP contribution >= 0.6 is 0 Å². The Bertz CT molecular complexity index is 1200. The van der Waals surface area contributed by atoms with Gasteiger partial charge in [-0.1, -0.05) is 18.2 Å². The van der Waals surface area contributed by atoms with E-state index in [1.165, 1.54) is 4.90 Å². The summed E-state index contributed by atoms with van der Waals surface area (Å²) >= 11 is 0. The number of rotatable bonds is 1. The van der Waals surface area contributed by atoms with E-state index in [-0.39, 0.29) is 11.9 Å². The number of fused-ring (bicyclic) bond motifs is 6. The third-order valence-electron chi connectivity index (χ3n) is 6.25. The van der Waals surface area contributed by atoms with E-state index in [1.807, 2.05) is 25.1 Å². The van der Waals surface area contributed by atoms with E-state index in [0.717, 1.165) is 22.2 Å². The van der Waals surface area contributed by atoms with Gasteiger partial charge >= 0.3 is 6.03 Å². The van der Waals surface area contributed by atoms with E-state index in [9.17, 15) is 9.59 Å². The maximum absolute atomic E-state index is 13.7. The van der Waals surface area contributed by atoms with E-state index in [4.69, 9.17) is 9.47 Å². The lowest BCUT2D eigenvalue weighted by Gasteiger charge is -2.35. The smallest absolute Gasteiger partial charge is 0.332 e. The van der Waals surface area contributed by atoms with Crippen molar-refractivity contribution in [2.24, 2.45) is 0 Å². The van der Waals surface area contributed by atoms with Gasteiger partial charge in [0.1, 0.15) is 13.2 Å². The van der Waals surface area contributed by atoms with Crippen molar-refractivity contribution in [3.63, 3.8) is 0 Å². The Morgan fingerprint density at radius 3 is 2.69 bits per heavy atom. The first-order valence-electron chi connectivity index (χ1n) is 9.75. The number of hydrogen-bond acceptors (Lipinski definition) is 4. The molecule has 3 aliphatic rings. The Labute approximate surface area is 166 Å². The molecule has 3 amide bonds. The van der Waals surface area contributed by atoms with Crippen LogP contribution in [0, 0.1) is 0 Å². The predicted octanol–water partition coefficient (Wildman–Crippen LogP) is 3.18. The van der Waals surface area contributed by atoms with Crippen molar-refractivity contribution in [2.75, 3.05) is 24.7 Å². The van der Waals surface area contributed by atoms with Gasteiger partial charge in [-0.15, -0.1) is 0 Å². The molecule has 146 valence electrons. The lowest BCUT2D eigenvalue weighted by molar-refractivity contribution is -0.125. The Hall–Kier alpha value is -3.48. The number of nitrogens with one attached hydrogen (secondary N) is 1. The number of carbonyl (C=O) groups excluding carboxylic acids is 2. The van der Waals surface area contributed by atoms with Gasteiger partial charge in [0.05, 0.1) is 11.4 Å². The van der Waals surface area contributed by atoms with Gasteiger partial charge in [0.2, 0.25) is 0 Å². The molecular formula is C22H19N3O4. The highest BCUT2D eigenvalue weighted by atomic mass is 16.6. The van der Waals surface area contributed by atoms with E-state index in [2.05, 4.69) is 11.1 Å². The van der Waals surface area contributed by atoms with Crippen LogP contribution in [0.3, 0.4) is 0 Å². The molecule has 6 rings (SSSR count). The molecule has 0 radical (unpaired) electrons. The second kappa shape index (κ2) is 5.53. The Balaban J connectivity index is 1.49. The number of anilines is 1. The van der Waals surface area contributed by atoms with Crippen LogP contribution < -0.4 is 14.4 Å². The first kappa shape index (κ1) is 16.5. The van der Waals surface area contributed by atoms with Crippen molar-refractivity contribution in [1.82, 2.24) is 9.88 Å². The zero-order valence-corrected chi connectivity index (χ0v) is 15.9. The zero-order chi connectivity index (χ0) is 19.8. The molecule has 1 atom stereocenters. The molecule has 1 N–H and O–H groups in total. The van der Waals surface area contributed by atoms with Crippen LogP contribution in [0.2, 0.25) is 0 Å². The number of imide groups is 1. The molecule has 0 saturated carbocycles. The summed E-state index contributed by atoms with van der Waals surface area (Å²) in [6.45, 7) is 3.26. The van der Waals surface area contributed by atoms with E-state index >= 15 is 0 Å². The average molecular weight is 389 g/mol. The summed E-state index contributed by atoms with van der Waals surface area (Å²) in [7, 11) is 0. The van der Waals surface area contributed by atoms with Gasteiger partial charge in [0.25, 0.3) is 5.91 Å². The third-order valence-corrected chi connectivity index (χ3v) is 6.25. The molecule has 3 aromatic rings. The Kier molecular flexibility index (Phi) is 3.14. The molecule has 4 heterocycles. The van der Waals surface area contributed by atoms with Gasteiger partial charge in [-0.2, -0.15) is 0 Å². The highest BCUT2D eigenvalue weighted by Gasteiger charge is 2.59. The van der Waals surface area contributed by atoms with Gasteiger partial charge in [-0.25, -0.2) is 9.69 Å². The van der Waals surface area contributed by atoms with Gasteiger partial charge in [0, 0.05) is 23.5 Å². The Morgan fingerprint density at radius 2 is 1.83 bits per heavy atom. The molecule has 1 saturated heterocycles. The number of carbonyl (C=O) groups is 2. The minimum Gasteiger partial charge on any atom is -0.486 e. The summed E-state index contributed by atoms with van der Waals surface area (Å²) in [5.41, 5.74) is 2.35. The molecule has 0 unspecified atom stereocenters. The van der Waals surface area contributed by atoms with E-state index < -0.39 is 5.54 Å². The van der Waals surface area contributed by atoms with Crippen molar-refractivity contribution in [1.29, 1.82) is 0 Å². The number of urea groups is 1. The van der Waals surface area contributed by atoms with Crippen LogP contribution in [0.5, 0.6) is 11.5 Å². The SMILES string of the molecule is C[C@@]12C(=O)N(c3ccc4c(c3)OCCO4)C(=O)N1CCc1c2[nH]c2ccccc12. The molecule has 0 aliphatic carbocycles. The number of aromatic nitrogens is 1. The molecular weight excluding hydrogens is 370 g/mol. The second-order valence-electron chi connectivity index (χ2n) is 7.75. The van der Waals surface area contributed by atoms with Crippen LogP contribution in [0.4, 0.5) is 10.5 Å². The van der Waals surface area contributed by atoms with E-state index in [0.29, 0.717) is 43.4 Å². The fourth-order valence-corrected chi connectivity index (χ4v) is 4.79. The van der Waals surface area contributed by atoms with Crippen molar-refractivity contribution < 1.29 is 19.1 Å². The van der Waals surface area contributed by atoms with Crippen LogP contribution in [-0.4, -0.2) is 41.6 Å². The fourth-order valence-electron chi connectivity index (χ4n) is 4.79. The Morgan fingerprint density at radius 1 is 1.03 bits per heavy atom. The number of amides is 3. The van der Waals surface area contributed by atoms with E-state index in [1.54, 1.807) is 23.1 Å². The molecule has 7 heteroatoms. The topological polar surface area (TPSA) is 74.9 Å². The molecule has 3 aliphatic heterocycles. The van der Waals surface area contributed by atoms with Crippen LogP contribution in [0.15, 0.2) is 42.5 Å². The molecule has 7 nitrogen and oxygen atoms in total. The number of H-pyrrole nitrogens is 1. The normalized spacial score (nSPS) is 22.8. The maximum atomic E-state index is 13.7. The summed E-state index contributed by atoms with van der Waals surface area (Å²) in [4.78, 5) is 33.3. The molecule has 29 heavy (non-hydrogen) atoms. The van der Waals surface area contributed by atoms with Crippen molar-refractivity contribution in [3.05, 3.63) is 53.7 Å². The van der Waals surface area contributed by atoms with Crippen molar-refractivity contribution in [3.8, 4) is 11.5 Å². The first-order chi connectivity index (χ1) is 14.1. The van der Waals surface area contributed by atoms with Crippen LogP contribution in [-0.2, 0) is 16.8 Å². The monoisotopic (exact) mass is 389 g/mol. The summed E-state index contributed by atoms with van der Waals surface area (Å²) < 4.78 is 11.2. The van der Waals surface area contributed by atoms with Gasteiger partial charge in [-0.3, -0.25) is 4.79 Å². The van der Waals surface area contributed by atoms with Crippen LogP contribution in [0.25, 0.3) is 10.9 Å². The molecule has 0 spiro atoms. The number of nitrogens with zero attached hydrogens (tertiary/aromatic N) is 2. The highest BCUT2D eigenvalue weighted by Crippen LogP contribution is 2.46. The first-order valence-corrected chi connectivity index (χ1v) is 9.75. The van der Waals surface area contributed by atoms with Gasteiger partial charge < -0.3 is 19.4 Å². The second-order valence-corrected chi connectivity index (χ2v) is 7.75. The van der Waals surface area contributed by atoms with Gasteiger partial charge in [-0.05, 0) is 37.1 Å². The van der Waals surface area contributed by atoms with Crippen LogP contribution in [0.1, 0.15) is 18.2 Å². The quantitative estimate of drug-likeness (QED) is 0.649.